The van der Waals surface area contributed by atoms with Crippen LogP contribution in [0.5, 0.6) is 0 Å². The summed E-state index contributed by atoms with van der Waals surface area (Å²) in [6.07, 6.45) is 2.74. The largest absolute Gasteiger partial charge is 0.356 e. The first-order chi connectivity index (χ1) is 13.7. The van der Waals surface area contributed by atoms with Gasteiger partial charge in [0.05, 0.1) is 0 Å². The van der Waals surface area contributed by atoms with E-state index in [1.807, 2.05) is 30.5 Å². The third-order valence-electron chi connectivity index (χ3n) is 4.97. The van der Waals surface area contributed by atoms with E-state index in [0.29, 0.717) is 6.54 Å². The van der Waals surface area contributed by atoms with Crippen molar-refractivity contribution in [1.82, 2.24) is 20.5 Å². The number of halogens is 2. The highest BCUT2D eigenvalue weighted by atomic mass is 127. The summed E-state index contributed by atoms with van der Waals surface area (Å²) in [6.45, 7) is 5.66. The number of hydrogen-bond acceptors (Lipinski definition) is 4. The molecule has 2 heterocycles. The minimum Gasteiger partial charge on any atom is -0.356 e. The van der Waals surface area contributed by atoms with Crippen LogP contribution >= 0.6 is 35.6 Å². The van der Waals surface area contributed by atoms with Gasteiger partial charge in [-0.2, -0.15) is 0 Å². The normalized spacial score (nSPS) is 15.0. The molecule has 158 valence electrons. The summed E-state index contributed by atoms with van der Waals surface area (Å²) in [4.78, 5) is 13.6. The van der Waals surface area contributed by atoms with Gasteiger partial charge in [-0.15, -0.1) is 24.0 Å². The highest BCUT2D eigenvalue weighted by Crippen LogP contribution is 2.15. The quantitative estimate of drug-likeness (QED) is 0.343. The topological polar surface area (TPSA) is 55.8 Å². The Morgan fingerprint density at radius 2 is 1.90 bits per heavy atom. The first-order valence-corrected chi connectivity index (χ1v) is 10.1. The lowest BCUT2D eigenvalue weighted by Crippen LogP contribution is -2.44. The molecule has 6 nitrogen and oxygen atoms in total. The number of pyridine rings is 1. The third kappa shape index (κ3) is 7.31. The number of aliphatic imine (C=N–C) groups is 1. The Morgan fingerprint density at radius 1 is 1.14 bits per heavy atom. The zero-order valence-electron chi connectivity index (χ0n) is 17.1. The van der Waals surface area contributed by atoms with Gasteiger partial charge in [0.15, 0.2) is 5.96 Å². The number of piperazine rings is 1. The van der Waals surface area contributed by atoms with E-state index in [1.54, 1.807) is 7.05 Å². The van der Waals surface area contributed by atoms with Crippen LogP contribution in [0.2, 0.25) is 5.02 Å². The van der Waals surface area contributed by atoms with E-state index in [9.17, 15) is 0 Å². The molecule has 1 aromatic carbocycles. The van der Waals surface area contributed by atoms with Crippen molar-refractivity contribution >= 4 is 47.4 Å². The Bertz CT molecular complexity index is 792. The fourth-order valence-corrected chi connectivity index (χ4v) is 3.43. The number of rotatable bonds is 6. The molecule has 0 unspecified atom stereocenters. The monoisotopic (exact) mass is 528 g/mol. The van der Waals surface area contributed by atoms with E-state index in [2.05, 4.69) is 49.6 Å². The molecule has 1 fully saturated rings. The smallest absolute Gasteiger partial charge is 0.191 e. The van der Waals surface area contributed by atoms with Crippen LogP contribution in [0, 0.1) is 0 Å². The number of guanidine groups is 1. The summed E-state index contributed by atoms with van der Waals surface area (Å²) in [5.74, 6) is 1.83. The molecule has 0 amide bonds. The summed E-state index contributed by atoms with van der Waals surface area (Å²) in [6, 6.07) is 12.1. The molecule has 0 saturated carbocycles. The Kier molecular flexibility index (Phi) is 9.96. The second-order valence-electron chi connectivity index (χ2n) is 7.01. The lowest BCUT2D eigenvalue weighted by molar-refractivity contribution is 0.312. The molecule has 0 aliphatic carbocycles. The van der Waals surface area contributed by atoms with Crippen molar-refractivity contribution < 1.29 is 0 Å². The maximum Gasteiger partial charge on any atom is 0.191 e. The van der Waals surface area contributed by atoms with Gasteiger partial charge in [0.25, 0.3) is 0 Å². The van der Waals surface area contributed by atoms with Gasteiger partial charge < -0.3 is 20.4 Å². The fraction of sp³-hybridized carbons (Fsp3) is 0.429. The number of aromatic nitrogens is 1. The highest BCUT2D eigenvalue weighted by Gasteiger charge is 2.15. The molecule has 1 aliphatic heterocycles. The molecular weight excluding hydrogens is 499 g/mol. The number of benzene rings is 1. The summed E-state index contributed by atoms with van der Waals surface area (Å²) in [5.41, 5.74) is 2.33. The molecule has 0 atom stereocenters. The predicted octanol–water partition coefficient (Wildman–Crippen LogP) is 3.01. The van der Waals surface area contributed by atoms with Crippen molar-refractivity contribution in [1.29, 1.82) is 0 Å². The Morgan fingerprint density at radius 3 is 2.62 bits per heavy atom. The van der Waals surface area contributed by atoms with E-state index in [0.717, 1.165) is 61.5 Å². The average molecular weight is 529 g/mol. The molecule has 0 spiro atoms. The van der Waals surface area contributed by atoms with Crippen LogP contribution in [0.1, 0.15) is 11.1 Å². The van der Waals surface area contributed by atoms with Crippen LogP contribution in [0.3, 0.4) is 0 Å². The zero-order valence-corrected chi connectivity index (χ0v) is 20.2. The second-order valence-corrected chi connectivity index (χ2v) is 7.41. The Hall–Kier alpha value is -1.58. The Balaban J connectivity index is 0.00000300. The van der Waals surface area contributed by atoms with E-state index in [4.69, 9.17) is 11.6 Å². The maximum atomic E-state index is 6.22. The van der Waals surface area contributed by atoms with E-state index < -0.39 is 0 Å². The average Bonchev–Trinajstić information content (AvgIpc) is 2.72. The summed E-state index contributed by atoms with van der Waals surface area (Å²) >= 11 is 6.22. The fourth-order valence-electron chi connectivity index (χ4n) is 3.20. The third-order valence-corrected chi connectivity index (χ3v) is 5.33. The van der Waals surface area contributed by atoms with Gasteiger partial charge in [0.1, 0.15) is 5.82 Å². The minimum atomic E-state index is 0. The summed E-state index contributed by atoms with van der Waals surface area (Å²) in [5, 5.41) is 7.53. The first-order valence-electron chi connectivity index (χ1n) is 9.72. The first kappa shape index (κ1) is 23.7. The van der Waals surface area contributed by atoms with E-state index >= 15 is 0 Å². The van der Waals surface area contributed by atoms with Gasteiger partial charge in [-0.25, -0.2) is 4.98 Å². The van der Waals surface area contributed by atoms with Crippen molar-refractivity contribution in [2.75, 3.05) is 51.7 Å². The molecule has 2 N–H and O–H groups in total. The van der Waals surface area contributed by atoms with Crippen molar-refractivity contribution in [3.63, 3.8) is 0 Å². The van der Waals surface area contributed by atoms with Crippen molar-refractivity contribution in [2.45, 2.75) is 13.0 Å². The molecular formula is C21H30ClIN6. The van der Waals surface area contributed by atoms with Crippen molar-refractivity contribution in [3.8, 4) is 0 Å². The van der Waals surface area contributed by atoms with Crippen molar-refractivity contribution in [2.24, 2.45) is 4.99 Å². The van der Waals surface area contributed by atoms with Crippen LogP contribution < -0.4 is 15.5 Å². The van der Waals surface area contributed by atoms with Gasteiger partial charge in [0.2, 0.25) is 0 Å². The molecule has 1 aromatic heterocycles. The lowest BCUT2D eigenvalue weighted by atomic mass is 10.1. The lowest BCUT2D eigenvalue weighted by Gasteiger charge is -2.33. The molecule has 1 saturated heterocycles. The van der Waals surface area contributed by atoms with Crippen molar-refractivity contribution in [3.05, 3.63) is 58.7 Å². The number of anilines is 1. The summed E-state index contributed by atoms with van der Waals surface area (Å²) < 4.78 is 0. The molecule has 29 heavy (non-hydrogen) atoms. The molecule has 2 aromatic rings. The van der Waals surface area contributed by atoms with Crippen LogP contribution in [0.4, 0.5) is 5.82 Å². The Labute approximate surface area is 195 Å². The maximum absolute atomic E-state index is 6.22. The molecule has 1 aliphatic rings. The van der Waals surface area contributed by atoms with Crippen LogP contribution in [0.25, 0.3) is 0 Å². The summed E-state index contributed by atoms with van der Waals surface area (Å²) in [7, 11) is 3.95. The number of likely N-dealkylation sites (N-methyl/N-ethyl adjacent to an activating group) is 1. The molecule has 0 radical (unpaired) electrons. The SMILES string of the molecule is CN=C(NCCc1ccccc1Cl)NCc1ccnc(N2CCN(C)CC2)c1.I. The molecule has 0 bridgehead atoms. The predicted molar refractivity (Wildman–Crippen MR) is 133 cm³/mol. The van der Waals surface area contributed by atoms with Gasteiger partial charge in [-0.3, -0.25) is 4.99 Å². The number of hydrogen-bond donors (Lipinski definition) is 2. The van der Waals surface area contributed by atoms with Gasteiger partial charge in [-0.05, 0) is 42.8 Å². The van der Waals surface area contributed by atoms with Crippen LogP contribution in [-0.4, -0.2) is 62.7 Å². The standard InChI is InChI=1S/C21H29ClN6.HI/c1-23-21(25-10-8-18-5-3-4-6-19(18)22)26-16-17-7-9-24-20(15-17)28-13-11-27(2)12-14-28;/h3-7,9,15H,8,10-14,16H2,1-2H3,(H2,23,25,26);1H. The van der Waals surface area contributed by atoms with Gasteiger partial charge in [-0.1, -0.05) is 29.8 Å². The minimum absolute atomic E-state index is 0. The highest BCUT2D eigenvalue weighted by molar-refractivity contribution is 14.0. The van der Waals surface area contributed by atoms with E-state index in [-0.39, 0.29) is 24.0 Å². The molecule has 8 heteroatoms. The van der Waals surface area contributed by atoms with Gasteiger partial charge in [0, 0.05) is 57.5 Å². The number of nitrogens with one attached hydrogen (secondary N) is 2. The second kappa shape index (κ2) is 12.2. The number of nitrogens with zero attached hydrogens (tertiary/aromatic N) is 4. The van der Waals surface area contributed by atoms with E-state index in [1.165, 1.54) is 5.56 Å². The molecule has 3 rings (SSSR count). The van der Waals surface area contributed by atoms with Crippen LogP contribution in [-0.2, 0) is 13.0 Å². The van der Waals surface area contributed by atoms with Gasteiger partial charge >= 0.3 is 0 Å². The van der Waals surface area contributed by atoms with Crippen LogP contribution in [0.15, 0.2) is 47.6 Å². The zero-order chi connectivity index (χ0) is 19.8.